The molecule has 0 aliphatic carbocycles. The van der Waals surface area contributed by atoms with Crippen LogP contribution in [-0.2, 0) is 0 Å². The normalized spacial score (nSPS) is 12.9. The first-order chi connectivity index (χ1) is 16.4. The summed E-state index contributed by atoms with van der Waals surface area (Å²) in [5, 5.41) is 4.36. The van der Waals surface area contributed by atoms with Gasteiger partial charge in [-0.3, -0.25) is 9.59 Å². The largest absolute Gasteiger partial charge is 0.365 e. The predicted octanol–water partition coefficient (Wildman–Crippen LogP) is 4.33. The van der Waals surface area contributed by atoms with Gasteiger partial charge in [0, 0.05) is 55.2 Å². The molecule has 172 valence electrons. The molecule has 1 fully saturated rings. The molecule has 34 heavy (non-hydrogen) atoms. The number of fused-ring (bicyclic) bond motifs is 1. The molecule has 5 rings (SSSR count). The van der Waals surface area contributed by atoms with Gasteiger partial charge in [0.1, 0.15) is 5.82 Å². The fourth-order valence-corrected chi connectivity index (χ4v) is 4.28. The number of benzene rings is 2. The number of carbonyl (C=O) groups is 2. The van der Waals surface area contributed by atoms with Gasteiger partial charge in [0.05, 0.1) is 22.5 Å². The monoisotopic (exact) mass is 454 g/mol. The summed E-state index contributed by atoms with van der Waals surface area (Å²) in [6, 6.07) is 15.4. The molecule has 1 aliphatic heterocycles. The summed E-state index contributed by atoms with van der Waals surface area (Å²) >= 11 is 0. The number of primary amides is 1. The van der Waals surface area contributed by atoms with E-state index in [1.165, 1.54) is 6.20 Å². The summed E-state index contributed by atoms with van der Waals surface area (Å²) in [7, 11) is 1.89. The summed E-state index contributed by atoms with van der Waals surface area (Å²) in [4.78, 5) is 36.2. The van der Waals surface area contributed by atoms with Crippen molar-refractivity contribution in [2.24, 2.45) is 5.73 Å². The Morgan fingerprint density at radius 3 is 2.62 bits per heavy atom. The molecule has 0 spiro atoms. The summed E-state index contributed by atoms with van der Waals surface area (Å²) in [6.07, 6.45) is 4.43. The van der Waals surface area contributed by atoms with Crippen LogP contribution in [0, 0.1) is 6.92 Å². The van der Waals surface area contributed by atoms with E-state index >= 15 is 0 Å². The lowest BCUT2D eigenvalue weighted by Crippen LogP contribution is -2.42. The minimum absolute atomic E-state index is 0.0710. The van der Waals surface area contributed by atoms with Gasteiger partial charge >= 0.3 is 0 Å². The lowest BCUT2D eigenvalue weighted by molar-refractivity contribution is 0.0651. The van der Waals surface area contributed by atoms with Crippen LogP contribution >= 0.6 is 0 Å². The van der Waals surface area contributed by atoms with Gasteiger partial charge in [-0.15, -0.1) is 0 Å². The van der Waals surface area contributed by atoms with Gasteiger partial charge in [-0.1, -0.05) is 12.1 Å². The number of rotatable bonds is 6. The highest BCUT2D eigenvalue weighted by atomic mass is 16.2. The highest BCUT2D eigenvalue weighted by molar-refractivity contribution is 6.02. The highest BCUT2D eigenvalue weighted by Crippen LogP contribution is 2.33. The van der Waals surface area contributed by atoms with E-state index in [4.69, 9.17) is 5.73 Å². The first-order valence-corrected chi connectivity index (χ1v) is 11.2. The van der Waals surface area contributed by atoms with Crippen LogP contribution in [0.4, 0.5) is 22.9 Å². The number of para-hydroxylation sites is 1. The molecular formula is C26H26N6O2. The van der Waals surface area contributed by atoms with Crippen molar-refractivity contribution in [1.82, 2.24) is 14.9 Å². The van der Waals surface area contributed by atoms with Crippen LogP contribution in [0.1, 0.15) is 32.7 Å². The molecule has 4 N–H and O–H groups in total. The molecule has 2 amide bonds. The maximum absolute atomic E-state index is 12.6. The number of carbonyl (C=O) groups excluding carboxylic acids is 2. The molecule has 8 heteroatoms. The standard InChI is InChI=1S/C26H26N6O2/c1-16-13-18(7-8-19(16)26(34)32-11-4-12-32)30-23-14-22(20(15-29-23)25(27)33)31(2)21-6-3-5-17-9-10-28-24(17)21/h3,5-10,13-15,28H,4,11-12H2,1-2H3,(H2,27,33)(H,29,30). The Labute approximate surface area is 197 Å². The quantitative estimate of drug-likeness (QED) is 0.402. The van der Waals surface area contributed by atoms with Crippen molar-refractivity contribution in [1.29, 1.82) is 0 Å². The van der Waals surface area contributed by atoms with E-state index in [9.17, 15) is 9.59 Å². The van der Waals surface area contributed by atoms with Gasteiger partial charge in [-0.05, 0) is 49.2 Å². The number of nitrogens with one attached hydrogen (secondary N) is 2. The van der Waals surface area contributed by atoms with E-state index in [1.807, 2.05) is 72.4 Å². The molecular weight excluding hydrogens is 428 g/mol. The second-order valence-corrected chi connectivity index (χ2v) is 8.53. The molecule has 0 unspecified atom stereocenters. The number of aryl methyl sites for hydroxylation is 1. The van der Waals surface area contributed by atoms with Gasteiger partial charge < -0.3 is 25.8 Å². The van der Waals surface area contributed by atoms with Crippen molar-refractivity contribution in [3.63, 3.8) is 0 Å². The van der Waals surface area contributed by atoms with E-state index < -0.39 is 5.91 Å². The first kappa shape index (κ1) is 21.5. The number of nitrogens with two attached hydrogens (primary N) is 1. The number of hydrogen-bond donors (Lipinski definition) is 3. The van der Waals surface area contributed by atoms with Crippen molar-refractivity contribution in [2.75, 3.05) is 30.4 Å². The number of amides is 2. The highest BCUT2D eigenvalue weighted by Gasteiger charge is 2.23. The van der Waals surface area contributed by atoms with Crippen molar-refractivity contribution >= 4 is 45.6 Å². The minimum atomic E-state index is -0.552. The van der Waals surface area contributed by atoms with E-state index in [1.54, 1.807) is 6.07 Å². The van der Waals surface area contributed by atoms with Crippen LogP contribution in [0.5, 0.6) is 0 Å². The van der Waals surface area contributed by atoms with Crippen molar-refractivity contribution in [3.8, 4) is 0 Å². The third kappa shape index (κ3) is 3.83. The molecule has 4 aromatic rings. The second-order valence-electron chi connectivity index (χ2n) is 8.53. The lowest BCUT2D eigenvalue weighted by atomic mass is 10.0. The van der Waals surface area contributed by atoms with E-state index in [0.717, 1.165) is 47.4 Å². The number of aromatic nitrogens is 2. The van der Waals surface area contributed by atoms with Crippen LogP contribution in [0.2, 0.25) is 0 Å². The third-order valence-electron chi connectivity index (χ3n) is 6.31. The molecule has 3 heterocycles. The molecule has 1 saturated heterocycles. The zero-order chi connectivity index (χ0) is 23.8. The van der Waals surface area contributed by atoms with E-state index in [-0.39, 0.29) is 5.91 Å². The van der Waals surface area contributed by atoms with Crippen molar-refractivity contribution in [2.45, 2.75) is 13.3 Å². The SMILES string of the molecule is Cc1cc(Nc2cc(N(C)c3cccc4cc[nH]c34)c(C(N)=O)cn2)ccc1C(=O)N1CCC1. The predicted molar refractivity (Wildman–Crippen MR) is 134 cm³/mol. The van der Waals surface area contributed by atoms with Gasteiger partial charge in [0.2, 0.25) is 0 Å². The number of nitrogens with zero attached hydrogens (tertiary/aromatic N) is 3. The molecule has 0 atom stereocenters. The van der Waals surface area contributed by atoms with Crippen molar-refractivity contribution < 1.29 is 9.59 Å². The Morgan fingerprint density at radius 1 is 1.09 bits per heavy atom. The summed E-state index contributed by atoms with van der Waals surface area (Å²) in [5.41, 5.74) is 10.9. The Kier molecular flexibility index (Phi) is 5.41. The van der Waals surface area contributed by atoms with Gasteiger partial charge in [-0.25, -0.2) is 4.98 Å². The van der Waals surface area contributed by atoms with E-state index in [0.29, 0.717) is 22.6 Å². The summed E-state index contributed by atoms with van der Waals surface area (Å²) in [5.74, 6) is 0.0811. The van der Waals surface area contributed by atoms with Gasteiger partial charge in [0.25, 0.3) is 11.8 Å². The Hall–Kier alpha value is -4.33. The zero-order valence-electron chi connectivity index (χ0n) is 19.1. The van der Waals surface area contributed by atoms with Crippen LogP contribution in [0.3, 0.4) is 0 Å². The van der Waals surface area contributed by atoms with Crippen LogP contribution < -0.4 is 16.0 Å². The van der Waals surface area contributed by atoms with Crippen LogP contribution in [-0.4, -0.2) is 46.8 Å². The first-order valence-electron chi connectivity index (χ1n) is 11.2. The molecule has 0 bridgehead atoms. The molecule has 0 radical (unpaired) electrons. The van der Waals surface area contributed by atoms with Gasteiger partial charge in [-0.2, -0.15) is 0 Å². The number of hydrogen-bond acceptors (Lipinski definition) is 5. The van der Waals surface area contributed by atoms with Gasteiger partial charge in [0.15, 0.2) is 0 Å². The fourth-order valence-electron chi connectivity index (χ4n) is 4.28. The van der Waals surface area contributed by atoms with Crippen molar-refractivity contribution in [3.05, 3.63) is 77.6 Å². The number of H-pyrrole nitrogens is 1. The Balaban J connectivity index is 1.46. The molecule has 0 saturated carbocycles. The summed E-state index contributed by atoms with van der Waals surface area (Å²) < 4.78 is 0. The maximum Gasteiger partial charge on any atom is 0.254 e. The number of anilines is 4. The molecule has 2 aromatic heterocycles. The average molecular weight is 455 g/mol. The maximum atomic E-state index is 12.6. The fraction of sp³-hybridized carbons (Fsp3) is 0.192. The van der Waals surface area contributed by atoms with Crippen LogP contribution in [0.15, 0.2) is 60.9 Å². The second kappa shape index (κ2) is 8.55. The van der Waals surface area contributed by atoms with Crippen LogP contribution in [0.25, 0.3) is 10.9 Å². The Bertz CT molecular complexity index is 1410. The number of likely N-dealkylation sites (tertiary alicyclic amines) is 1. The number of aromatic amines is 1. The molecule has 8 nitrogen and oxygen atoms in total. The topological polar surface area (TPSA) is 107 Å². The molecule has 1 aliphatic rings. The number of pyridine rings is 1. The lowest BCUT2D eigenvalue weighted by Gasteiger charge is -2.31. The molecule has 2 aromatic carbocycles. The summed E-state index contributed by atoms with van der Waals surface area (Å²) in [6.45, 7) is 3.57. The minimum Gasteiger partial charge on any atom is -0.365 e. The third-order valence-corrected chi connectivity index (χ3v) is 6.31. The average Bonchev–Trinajstić information content (AvgIpc) is 3.26. The smallest absolute Gasteiger partial charge is 0.254 e. The van der Waals surface area contributed by atoms with E-state index in [2.05, 4.69) is 15.3 Å². The zero-order valence-corrected chi connectivity index (χ0v) is 19.1. The Morgan fingerprint density at radius 2 is 1.91 bits per heavy atom.